The van der Waals surface area contributed by atoms with Crippen molar-refractivity contribution in [2.75, 3.05) is 5.32 Å². The van der Waals surface area contributed by atoms with Crippen molar-refractivity contribution in [1.82, 2.24) is 14.4 Å². The third kappa shape index (κ3) is 2.83. The van der Waals surface area contributed by atoms with Crippen LogP contribution in [0.2, 0.25) is 0 Å². The van der Waals surface area contributed by atoms with Crippen LogP contribution < -0.4 is 5.32 Å². The van der Waals surface area contributed by atoms with E-state index < -0.39 is 0 Å². The van der Waals surface area contributed by atoms with E-state index in [0.29, 0.717) is 0 Å². The SMILES string of the molecule is CCc1cccc(CC)c1Nc1nc2ccccc2c2nc3cc(C)ccc3n12. The average molecular weight is 380 g/mol. The van der Waals surface area contributed by atoms with Crippen LogP contribution in [-0.4, -0.2) is 14.4 Å². The molecule has 3 aromatic carbocycles. The third-order valence-corrected chi connectivity index (χ3v) is 5.63. The van der Waals surface area contributed by atoms with Gasteiger partial charge in [0.2, 0.25) is 5.95 Å². The van der Waals surface area contributed by atoms with Crippen molar-refractivity contribution in [2.45, 2.75) is 33.6 Å². The van der Waals surface area contributed by atoms with E-state index in [-0.39, 0.29) is 0 Å². The van der Waals surface area contributed by atoms with Crippen LogP contribution in [0.1, 0.15) is 30.5 Å². The Kier molecular flexibility index (Phi) is 4.20. The number of hydrogen-bond donors (Lipinski definition) is 1. The number of aryl methyl sites for hydroxylation is 3. The molecular weight excluding hydrogens is 356 g/mol. The number of nitrogens with zero attached hydrogens (tertiary/aromatic N) is 3. The fourth-order valence-corrected chi connectivity index (χ4v) is 4.11. The Bertz CT molecular complexity index is 1340. The summed E-state index contributed by atoms with van der Waals surface area (Å²) in [5, 5.41) is 4.74. The van der Waals surface area contributed by atoms with E-state index in [4.69, 9.17) is 9.97 Å². The smallest absolute Gasteiger partial charge is 0.214 e. The number of anilines is 2. The van der Waals surface area contributed by atoms with Gasteiger partial charge in [0.15, 0.2) is 0 Å². The van der Waals surface area contributed by atoms with Crippen molar-refractivity contribution in [3.8, 4) is 0 Å². The molecular formula is C25H24N4. The Hall–Kier alpha value is -3.40. The maximum atomic E-state index is 5.01. The molecule has 0 fully saturated rings. The molecule has 2 heterocycles. The highest BCUT2D eigenvalue weighted by Crippen LogP contribution is 2.31. The van der Waals surface area contributed by atoms with E-state index in [1.54, 1.807) is 0 Å². The van der Waals surface area contributed by atoms with Crippen LogP contribution in [-0.2, 0) is 12.8 Å². The first-order valence-electron chi connectivity index (χ1n) is 10.2. The maximum absolute atomic E-state index is 5.01. The summed E-state index contributed by atoms with van der Waals surface area (Å²) in [4.78, 5) is 9.98. The van der Waals surface area contributed by atoms with E-state index in [1.165, 1.54) is 16.7 Å². The Balaban J connectivity index is 1.85. The van der Waals surface area contributed by atoms with E-state index in [1.807, 2.05) is 12.1 Å². The van der Waals surface area contributed by atoms with Gasteiger partial charge in [-0.3, -0.25) is 4.40 Å². The maximum Gasteiger partial charge on any atom is 0.214 e. The summed E-state index contributed by atoms with van der Waals surface area (Å²) in [5.74, 6) is 0.806. The van der Waals surface area contributed by atoms with Crippen molar-refractivity contribution in [2.24, 2.45) is 0 Å². The number of rotatable bonds is 4. The molecule has 0 unspecified atom stereocenters. The minimum atomic E-state index is 0.806. The number of para-hydroxylation sites is 2. The van der Waals surface area contributed by atoms with Crippen LogP contribution in [0.4, 0.5) is 11.6 Å². The number of benzene rings is 3. The number of nitrogens with one attached hydrogen (secondary N) is 1. The van der Waals surface area contributed by atoms with Crippen molar-refractivity contribution in [3.63, 3.8) is 0 Å². The third-order valence-electron chi connectivity index (χ3n) is 5.63. The van der Waals surface area contributed by atoms with Crippen molar-refractivity contribution in [3.05, 3.63) is 77.4 Å². The molecule has 0 bridgehead atoms. The van der Waals surface area contributed by atoms with Crippen molar-refractivity contribution in [1.29, 1.82) is 0 Å². The molecule has 0 saturated carbocycles. The van der Waals surface area contributed by atoms with Crippen LogP contribution >= 0.6 is 0 Å². The Morgan fingerprint density at radius 3 is 2.34 bits per heavy atom. The summed E-state index contributed by atoms with van der Waals surface area (Å²) in [6.07, 6.45) is 1.94. The molecule has 0 amide bonds. The predicted octanol–water partition coefficient (Wildman–Crippen LogP) is 6.21. The highest BCUT2D eigenvalue weighted by molar-refractivity contribution is 5.98. The zero-order valence-corrected chi connectivity index (χ0v) is 17.0. The van der Waals surface area contributed by atoms with Gasteiger partial charge in [0, 0.05) is 11.1 Å². The molecule has 0 aliphatic carbocycles. The normalized spacial score (nSPS) is 11.6. The Morgan fingerprint density at radius 2 is 1.59 bits per heavy atom. The minimum Gasteiger partial charge on any atom is -0.325 e. The molecule has 4 heteroatoms. The van der Waals surface area contributed by atoms with Crippen LogP contribution in [0.25, 0.3) is 27.6 Å². The summed E-state index contributed by atoms with van der Waals surface area (Å²) < 4.78 is 2.16. The molecule has 5 aromatic rings. The molecule has 0 saturated heterocycles. The molecule has 0 radical (unpaired) electrons. The first-order valence-corrected chi connectivity index (χ1v) is 10.2. The fraction of sp³-hybridized carbons (Fsp3) is 0.200. The second-order valence-corrected chi connectivity index (χ2v) is 7.50. The molecule has 29 heavy (non-hydrogen) atoms. The lowest BCUT2D eigenvalue weighted by Gasteiger charge is -2.17. The van der Waals surface area contributed by atoms with Gasteiger partial charge in [0.1, 0.15) is 5.65 Å². The Morgan fingerprint density at radius 1 is 0.828 bits per heavy atom. The quantitative estimate of drug-likeness (QED) is 0.403. The lowest BCUT2D eigenvalue weighted by molar-refractivity contribution is 1.07. The Labute approximate surface area is 170 Å². The van der Waals surface area contributed by atoms with E-state index in [0.717, 1.165) is 52.1 Å². The lowest BCUT2D eigenvalue weighted by Crippen LogP contribution is -2.06. The summed E-state index contributed by atoms with van der Waals surface area (Å²) >= 11 is 0. The summed E-state index contributed by atoms with van der Waals surface area (Å²) in [6.45, 7) is 6.49. The van der Waals surface area contributed by atoms with Gasteiger partial charge in [-0.15, -0.1) is 0 Å². The summed E-state index contributed by atoms with van der Waals surface area (Å²) in [5.41, 5.74) is 8.91. The predicted molar refractivity (Wildman–Crippen MR) is 121 cm³/mol. The van der Waals surface area contributed by atoms with Crippen molar-refractivity contribution >= 4 is 39.2 Å². The topological polar surface area (TPSA) is 42.2 Å². The van der Waals surface area contributed by atoms with Gasteiger partial charge in [0.25, 0.3) is 0 Å². The van der Waals surface area contributed by atoms with Crippen LogP contribution in [0.3, 0.4) is 0 Å². The average Bonchev–Trinajstić information content (AvgIpc) is 3.13. The van der Waals surface area contributed by atoms with Gasteiger partial charge in [-0.05, 0) is 60.7 Å². The molecule has 0 atom stereocenters. The molecule has 4 nitrogen and oxygen atoms in total. The van der Waals surface area contributed by atoms with Crippen LogP contribution in [0.5, 0.6) is 0 Å². The summed E-state index contributed by atoms with van der Waals surface area (Å²) in [7, 11) is 0. The number of aromatic nitrogens is 3. The van der Waals surface area contributed by atoms with Gasteiger partial charge in [-0.1, -0.05) is 50.2 Å². The van der Waals surface area contributed by atoms with Gasteiger partial charge in [-0.25, -0.2) is 9.97 Å². The minimum absolute atomic E-state index is 0.806. The van der Waals surface area contributed by atoms with Crippen LogP contribution in [0.15, 0.2) is 60.7 Å². The highest BCUT2D eigenvalue weighted by atomic mass is 15.2. The molecule has 144 valence electrons. The van der Waals surface area contributed by atoms with Crippen LogP contribution in [0, 0.1) is 6.92 Å². The highest BCUT2D eigenvalue weighted by Gasteiger charge is 2.16. The largest absolute Gasteiger partial charge is 0.325 e. The molecule has 2 aromatic heterocycles. The van der Waals surface area contributed by atoms with Crippen molar-refractivity contribution < 1.29 is 0 Å². The molecule has 1 N–H and O–H groups in total. The zero-order chi connectivity index (χ0) is 20.0. The van der Waals surface area contributed by atoms with E-state index in [2.05, 4.69) is 79.0 Å². The lowest BCUT2D eigenvalue weighted by atomic mass is 10.0. The standard InChI is InChI=1S/C25H24N4/c1-4-17-9-8-10-18(5-2)23(17)28-25-27-20-12-7-6-11-19(20)24-26-21-15-16(3)13-14-22(21)29(24)25/h6-15H,4-5H2,1-3H3,(H,27,28). The second-order valence-electron chi connectivity index (χ2n) is 7.50. The van der Waals surface area contributed by atoms with E-state index in [9.17, 15) is 0 Å². The molecule has 0 aliphatic heterocycles. The monoisotopic (exact) mass is 380 g/mol. The van der Waals surface area contributed by atoms with Gasteiger partial charge >= 0.3 is 0 Å². The van der Waals surface area contributed by atoms with E-state index >= 15 is 0 Å². The molecule has 5 rings (SSSR count). The fourth-order valence-electron chi connectivity index (χ4n) is 4.11. The number of imidazole rings is 1. The first kappa shape index (κ1) is 17.7. The zero-order valence-electron chi connectivity index (χ0n) is 17.0. The van der Waals surface area contributed by atoms with Gasteiger partial charge in [-0.2, -0.15) is 0 Å². The molecule has 0 spiro atoms. The molecule has 0 aliphatic rings. The number of hydrogen-bond acceptors (Lipinski definition) is 3. The summed E-state index contributed by atoms with van der Waals surface area (Å²) in [6, 6.07) is 21.1. The van der Waals surface area contributed by atoms with Gasteiger partial charge in [0.05, 0.1) is 16.6 Å². The number of fused-ring (bicyclic) bond motifs is 5. The second kappa shape index (κ2) is 6.89. The van der Waals surface area contributed by atoms with Gasteiger partial charge < -0.3 is 5.32 Å². The first-order chi connectivity index (χ1) is 14.2.